The van der Waals surface area contributed by atoms with E-state index in [4.69, 9.17) is 4.84 Å². The van der Waals surface area contributed by atoms with E-state index in [2.05, 4.69) is 9.80 Å². The summed E-state index contributed by atoms with van der Waals surface area (Å²) < 4.78 is 14.8. The van der Waals surface area contributed by atoms with Gasteiger partial charge in [-0.05, 0) is 29.5 Å². The van der Waals surface area contributed by atoms with Crippen LogP contribution in [0.2, 0.25) is 0 Å². The first kappa shape index (κ1) is 23.3. The van der Waals surface area contributed by atoms with Crippen molar-refractivity contribution in [2.75, 3.05) is 57.3 Å². The molecule has 1 aromatic heterocycles. The largest absolute Gasteiger partial charge is 0.492 e. The van der Waals surface area contributed by atoms with Crippen molar-refractivity contribution in [3.8, 4) is 11.8 Å². The van der Waals surface area contributed by atoms with Gasteiger partial charge in [-0.15, -0.1) is 4.73 Å². The molecule has 3 aliphatic heterocycles. The van der Waals surface area contributed by atoms with Crippen LogP contribution in [0.25, 0.3) is 0 Å². The zero-order valence-electron chi connectivity index (χ0n) is 19.6. The summed E-state index contributed by atoms with van der Waals surface area (Å²) >= 11 is 0. The smallest absolute Gasteiger partial charge is 0.434 e. The highest BCUT2D eigenvalue weighted by Crippen LogP contribution is 2.34. The summed E-state index contributed by atoms with van der Waals surface area (Å²) in [4.78, 5) is 37.2. The minimum Gasteiger partial charge on any atom is -0.492 e. The SMILES string of the molecule is CC(=O)N1CCN(c2cc(F)ccc2CN2CC3CN(C(=O)On4c(O)ccc4O)CC3C2)CC1. The zero-order chi connectivity index (χ0) is 24.7. The first-order valence-corrected chi connectivity index (χ1v) is 11.9. The molecule has 0 aliphatic carbocycles. The number of carbonyl (C=O) groups is 2. The molecular weight excluding hydrogens is 457 g/mol. The summed E-state index contributed by atoms with van der Waals surface area (Å²) in [6.07, 6.45) is -0.613. The Balaban J connectivity index is 1.19. The van der Waals surface area contributed by atoms with Crippen LogP contribution in [0.1, 0.15) is 12.5 Å². The van der Waals surface area contributed by atoms with E-state index in [1.807, 2.05) is 11.0 Å². The van der Waals surface area contributed by atoms with Crippen LogP contribution in [0.15, 0.2) is 30.3 Å². The molecule has 188 valence electrons. The van der Waals surface area contributed by atoms with E-state index in [1.165, 1.54) is 18.2 Å². The summed E-state index contributed by atoms with van der Waals surface area (Å²) in [5.74, 6) is -0.328. The molecule has 35 heavy (non-hydrogen) atoms. The molecule has 5 rings (SSSR count). The third-order valence-electron chi connectivity index (χ3n) is 7.29. The lowest BCUT2D eigenvalue weighted by molar-refractivity contribution is -0.129. The van der Waals surface area contributed by atoms with E-state index in [1.54, 1.807) is 17.9 Å². The van der Waals surface area contributed by atoms with Gasteiger partial charge >= 0.3 is 6.09 Å². The van der Waals surface area contributed by atoms with Gasteiger partial charge in [0.05, 0.1) is 0 Å². The number of hydrogen-bond acceptors (Lipinski definition) is 7. The second-order valence-corrected chi connectivity index (χ2v) is 9.59. The Bertz CT molecular complexity index is 1080. The lowest BCUT2D eigenvalue weighted by Crippen LogP contribution is -2.48. The van der Waals surface area contributed by atoms with Gasteiger partial charge in [0.15, 0.2) is 0 Å². The molecule has 2 unspecified atom stereocenters. The molecule has 2 N–H and O–H groups in total. The van der Waals surface area contributed by atoms with Crippen molar-refractivity contribution in [2.45, 2.75) is 13.5 Å². The molecule has 11 heteroatoms. The van der Waals surface area contributed by atoms with Crippen molar-refractivity contribution < 1.29 is 29.0 Å². The third-order valence-corrected chi connectivity index (χ3v) is 7.29. The number of piperazine rings is 1. The Hall–Kier alpha value is -3.47. The minimum absolute atomic E-state index is 0.0626. The number of aromatic nitrogens is 1. The van der Waals surface area contributed by atoms with Crippen molar-refractivity contribution in [1.82, 2.24) is 19.4 Å². The van der Waals surface area contributed by atoms with Crippen molar-refractivity contribution >= 4 is 17.7 Å². The van der Waals surface area contributed by atoms with Gasteiger partial charge in [-0.1, -0.05) is 6.07 Å². The van der Waals surface area contributed by atoms with Gasteiger partial charge < -0.3 is 29.8 Å². The van der Waals surface area contributed by atoms with Gasteiger partial charge in [0, 0.05) is 83.6 Å². The van der Waals surface area contributed by atoms with Crippen LogP contribution in [0, 0.1) is 17.7 Å². The molecule has 3 aliphatic rings. The normalized spacial score (nSPS) is 22.5. The number of likely N-dealkylation sites (tertiary alicyclic amines) is 2. The summed E-state index contributed by atoms with van der Waals surface area (Å²) in [5.41, 5.74) is 1.93. The lowest BCUT2D eigenvalue weighted by Gasteiger charge is -2.37. The van der Waals surface area contributed by atoms with Gasteiger partial charge in [0.1, 0.15) is 5.82 Å². The Morgan fingerprint density at radius 1 is 0.943 bits per heavy atom. The van der Waals surface area contributed by atoms with Crippen LogP contribution in [-0.2, 0) is 11.3 Å². The molecule has 4 heterocycles. The fourth-order valence-electron chi connectivity index (χ4n) is 5.47. The van der Waals surface area contributed by atoms with Crippen molar-refractivity contribution in [2.24, 2.45) is 11.8 Å². The van der Waals surface area contributed by atoms with Crippen LogP contribution in [0.5, 0.6) is 11.8 Å². The van der Waals surface area contributed by atoms with Crippen molar-refractivity contribution in [3.05, 3.63) is 41.7 Å². The number of hydrogen-bond donors (Lipinski definition) is 2. The number of aromatic hydroxyl groups is 2. The van der Waals surface area contributed by atoms with Crippen LogP contribution >= 0.6 is 0 Å². The van der Waals surface area contributed by atoms with Crippen molar-refractivity contribution in [3.63, 3.8) is 0 Å². The number of carbonyl (C=O) groups excluding carboxylic acids is 2. The summed E-state index contributed by atoms with van der Waals surface area (Å²) in [7, 11) is 0. The molecule has 0 spiro atoms. The first-order valence-electron chi connectivity index (χ1n) is 11.9. The molecule has 10 nitrogen and oxygen atoms in total. The Labute approximate surface area is 202 Å². The number of benzene rings is 1. The predicted molar refractivity (Wildman–Crippen MR) is 124 cm³/mol. The highest BCUT2D eigenvalue weighted by Gasteiger charge is 2.42. The highest BCUT2D eigenvalue weighted by molar-refractivity contribution is 5.73. The number of halogens is 1. The molecule has 2 aromatic rings. The molecule has 1 aromatic carbocycles. The molecule has 3 saturated heterocycles. The van der Waals surface area contributed by atoms with Gasteiger partial charge in [0.25, 0.3) is 0 Å². The minimum atomic E-state index is -0.613. The van der Waals surface area contributed by atoms with Crippen LogP contribution in [-0.4, -0.2) is 94.0 Å². The number of fused-ring (bicyclic) bond motifs is 1. The van der Waals surface area contributed by atoms with Crippen LogP contribution < -0.4 is 9.74 Å². The first-order chi connectivity index (χ1) is 16.8. The fourth-order valence-corrected chi connectivity index (χ4v) is 5.47. The molecule has 0 saturated carbocycles. The second-order valence-electron chi connectivity index (χ2n) is 9.59. The van der Waals surface area contributed by atoms with Crippen LogP contribution in [0.3, 0.4) is 0 Å². The molecule has 2 atom stereocenters. The summed E-state index contributed by atoms with van der Waals surface area (Å²) in [5, 5.41) is 19.4. The average Bonchev–Trinajstić information content (AvgIpc) is 3.49. The molecule has 2 amide bonds. The van der Waals surface area contributed by atoms with E-state index in [0.717, 1.165) is 24.3 Å². The average molecular weight is 488 g/mol. The second kappa shape index (κ2) is 9.29. The van der Waals surface area contributed by atoms with Crippen LogP contribution in [0.4, 0.5) is 14.9 Å². The van der Waals surface area contributed by atoms with E-state index in [-0.39, 0.29) is 35.3 Å². The predicted octanol–water partition coefficient (Wildman–Crippen LogP) is 1.32. The summed E-state index contributed by atoms with van der Waals surface area (Å²) in [6, 6.07) is 7.40. The molecule has 0 radical (unpaired) electrons. The van der Waals surface area contributed by atoms with Gasteiger partial charge in [-0.2, -0.15) is 0 Å². The topological polar surface area (TPSA) is 102 Å². The quantitative estimate of drug-likeness (QED) is 0.671. The maximum absolute atomic E-state index is 14.1. The van der Waals surface area contributed by atoms with Gasteiger partial charge in [0.2, 0.25) is 17.7 Å². The van der Waals surface area contributed by atoms with E-state index < -0.39 is 6.09 Å². The Morgan fingerprint density at radius 2 is 1.57 bits per heavy atom. The molecule has 3 fully saturated rings. The fraction of sp³-hybridized carbons (Fsp3) is 0.500. The molecule has 0 bridgehead atoms. The highest BCUT2D eigenvalue weighted by atomic mass is 19.1. The monoisotopic (exact) mass is 487 g/mol. The van der Waals surface area contributed by atoms with E-state index in [9.17, 15) is 24.2 Å². The number of nitrogens with zero attached hydrogens (tertiary/aromatic N) is 5. The van der Waals surface area contributed by atoms with E-state index >= 15 is 0 Å². The summed E-state index contributed by atoms with van der Waals surface area (Å²) in [6.45, 7) is 7.54. The van der Waals surface area contributed by atoms with E-state index in [0.29, 0.717) is 50.5 Å². The standard InChI is InChI=1S/C24H30FN5O5/c1-16(31)27-6-8-28(9-7-27)21-10-20(25)3-2-17(21)11-26-12-18-14-29(15-19(18)13-26)24(34)35-30-22(32)4-5-23(30)33/h2-5,10,18-19,32-33H,6-9,11-15H2,1H3. The Morgan fingerprint density at radius 3 is 2.17 bits per heavy atom. The van der Waals surface area contributed by atoms with Gasteiger partial charge in [-0.3, -0.25) is 9.69 Å². The lowest BCUT2D eigenvalue weighted by atomic mass is 10.0. The maximum atomic E-state index is 14.1. The van der Waals surface area contributed by atoms with Crippen molar-refractivity contribution in [1.29, 1.82) is 0 Å². The third kappa shape index (κ3) is 4.72. The zero-order valence-corrected chi connectivity index (χ0v) is 19.6. The number of rotatable bonds is 4. The number of anilines is 1. The Kier molecular flexibility index (Phi) is 6.18. The maximum Gasteiger partial charge on any atom is 0.434 e. The molecular formula is C24H30FN5O5. The van der Waals surface area contributed by atoms with Gasteiger partial charge in [-0.25, -0.2) is 9.18 Å². The number of amides is 2.